The highest BCUT2D eigenvalue weighted by Gasteiger charge is 2.09. The molecule has 3 aromatic carbocycles. The number of carbonyl (C=O) groups excluding carboxylic acids is 3. The average Bonchev–Trinajstić information content (AvgIpc) is 2.83. The first kappa shape index (κ1) is 25.0. The van der Waals surface area contributed by atoms with Gasteiger partial charge in [0.25, 0.3) is 5.91 Å². The predicted molar refractivity (Wildman–Crippen MR) is 128 cm³/mol. The highest BCUT2D eigenvalue weighted by Crippen LogP contribution is 2.24. The Kier molecular flexibility index (Phi) is 8.95. The lowest BCUT2D eigenvalue weighted by Gasteiger charge is -2.09. The molecule has 0 fully saturated rings. The summed E-state index contributed by atoms with van der Waals surface area (Å²) in [5, 5.41) is 3.86. The molecule has 9 heteroatoms. The van der Waals surface area contributed by atoms with E-state index in [4.69, 9.17) is 18.9 Å². The van der Waals surface area contributed by atoms with E-state index in [9.17, 15) is 14.4 Å². The van der Waals surface area contributed by atoms with Crippen molar-refractivity contribution in [3.05, 3.63) is 83.9 Å². The van der Waals surface area contributed by atoms with Crippen molar-refractivity contribution >= 4 is 24.1 Å². The molecule has 9 nitrogen and oxygen atoms in total. The van der Waals surface area contributed by atoms with E-state index in [1.165, 1.54) is 38.3 Å². The lowest BCUT2D eigenvalue weighted by atomic mass is 10.2. The van der Waals surface area contributed by atoms with Crippen LogP contribution >= 0.6 is 0 Å². The Morgan fingerprint density at radius 1 is 0.800 bits per heavy atom. The van der Waals surface area contributed by atoms with Gasteiger partial charge in [0.15, 0.2) is 6.61 Å². The highest BCUT2D eigenvalue weighted by atomic mass is 16.5. The maximum absolute atomic E-state index is 12.1. The van der Waals surface area contributed by atoms with Crippen molar-refractivity contribution < 1.29 is 33.3 Å². The number of hydrogen-bond acceptors (Lipinski definition) is 8. The lowest BCUT2D eigenvalue weighted by molar-refractivity contribution is -0.132. The molecule has 3 rings (SSSR count). The Morgan fingerprint density at radius 3 is 2.09 bits per heavy atom. The van der Waals surface area contributed by atoms with Crippen molar-refractivity contribution in [2.45, 2.75) is 20.5 Å². The normalized spacial score (nSPS) is 10.5. The first-order valence-electron chi connectivity index (χ1n) is 10.6. The van der Waals surface area contributed by atoms with Gasteiger partial charge in [0, 0.05) is 25.5 Å². The first-order valence-corrected chi connectivity index (χ1v) is 10.6. The van der Waals surface area contributed by atoms with Crippen molar-refractivity contribution in [3.8, 4) is 23.0 Å². The van der Waals surface area contributed by atoms with Gasteiger partial charge in [-0.2, -0.15) is 5.10 Å². The summed E-state index contributed by atoms with van der Waals surface area (Å²) in [6, 6.07) is 21.1. The molecular weight excluding hydrogens is 452 g/mol. The Bertz CT molecular complexity index is 1190. The molecule has 35 heavy (non-hydrogen) atoms. The Hall–Kier alpha value is -4.66. The number of amides is 1. The van der Waals surface area contributed by atoms with Gasteiger partial charge in [-0.3, -0.25) is 14.4 Å². The zero-order valence-electron chi connectivity index (χ0n) is 19.2. The molecule has 0 radical (unpaired) electrons. The number of rotatable bonds is 10. The van der Waals surface area contributed by atoms with E-state index < -0.39 is 17.8 Å². The van der Waals surface area contributed by atoms with Crippen molar-refractivity contribution in [1.29, 1.82) is 0 Å². The van der Waals surface area contributed by atoms with E-state index in [1.54, 1.807) is 24.3 Å². The second-order valence-electron chi connectivity index (χ2n) is 7.21. The smallest absolute Gasteiger partial charge is 0.308 e. The van der Waals surface area contributed by atoms with Gasteiger partial charge >= 0.3 is 11.9 Å². The summed E-state index contributed by atoms with van der Waals surface area (Å²) in [6.45, 7) is 2.68. The van der Waals surface area contributed by atoms with E-state index >= 15 is 0 Å². The molecule has 0 aliphatic rings. The number of hydrazone groups is 1. The van der Waals surface area contributed by atoms with Crippen molar-refractivity contribution in [3.63, 3.8) is 0 Å². The summed E-state index contributed by atoms with van der Waals surface area (Å²) < 4.78 is 21.3. The van der Waals surface area contributed by atoms with E-state index in [-0.39, 0.29) is 18.1 Å². The first-order chi connectivity index (χ1) is 16.9. The van der Waals surface area contributed by atoms with Gasteiger partial charge in [-0.1, -0.05) is 30.3 Å². The molecular formula is C26H24N2O7. The third-order valence-corrected chi connectivity index (χ3v) is 4.34. The van der Waals surface area contributed by atoms with E-state index in [0.717, 1.165) is 5.56 Å². The van der Waals surface area contributed by atoms with E-state index in [0.29, 0.717) is 23.7 Å². The van der Waals surface area contributed by atoms with Crippen LogP contribution in [0, 0.1) is 0 Å². The summed E-state index contributed by atoms with van der Waals surface area (Å²) in [5.74, 6) is -0.0561. The van der Waals surface area contributed by atoms with Gasteiger partial charge in [0.2, 0.25) is 0 Å². The monoisotopic (exact) mass is 476 g/mol. The predicted octanol–water partition coefficient (Wildman–Crippen LogP) is 3.65. The molecule has 0 bridgehead atoms. The van der Waals surface area contributed by atoms with Crippen molar-refractivity contribution in [1.82, 2.24) is 5.43 Å². The zero-order valence-corrected chi connectivity index (χ0v) is 19.2. The quantitative estimate of drug-likeness (QED) is 0.206. The van der Waals surface area contributed by atoms with Crippen LogP contribution in [0.5, 0.6) is 23.0 Å². The largest absolute Gasteiger partial charge is 0.489 e. The summed E-state index contributed by atoms with van der Waals surface area (Å²) in [5.41, 5.74) is 3.79. The Balaban J connectivity index is 1.48. The topological polar surface area (TPSA) is 113 Å². The van der Waals surface area contributed by atoms with Crippen molar-refractivity contribution in [2.24, 2.45) is 5.10 Å². The van der Waals surface area contributed by atoms with Crippen LogP contribution < -0.4 is 24.4 Å². The number of nitrogens with zero attached hydrogens (tertiary/aromatic N) is 1. The average molecular weight is 476 g/mol. The molecule has 0 atom stereocenters. The van der Waals surface area contributed by atoms with Crippen molar-refractivity contribution in [2.75, 3.05) is 6.61 Å². The number of benzene rings is 3. The fourth-order valence-electron chi connectivity index (χ4n) is 2.82. The zero-order chi connectivity index (χ0) is 25.0. The number of hydrogen-bond donors (Lipinski definition) is 1. The summed E-state index contributed by atoms with van der Waals surface area (Å²) in [7, 11) is 0. The Morgan fingerprint density at radius 2 is 1.43 bits per heavy atom. The number of nitrogens with one attached hydrogen (secondary N) is 1. The Labute approximate surface area is 202 Å². The van der Waals surface area contributed by atoms with Crippen LogP contribution in [0.2, 0.25) is 0 Å². The SMILES string of the molecule is CC(=O)Oc1ccc(C=NNC(=O)COc2ccc(OCc3ccccc3)cc2)c(OC(C)=O)c1. The molecule has 0 aliphatic carbocycles. The van der Waals surface area contributed by atoms with Gasteiger partial charge in [-0.05, 0) is 42.0 Å². The molecule has 0 saturated carbocycles. The maximum atomic E-state index is 12.1. The molecule has 1 amide bonds. The molecule has 180 valence electrons. The lowest BCUT2D eigenvalue weighted by Crippen LogP contribution is -2.24. The molecule has 0 aromatic heterocycles. The van der Waals surface area contributed by atoms with Gasteiger partial charge in [-0.25, -0.2) is 5.43 Å². The van der Waals surface area contributed by atoms with Gasteiger partial charge < -0.3 is 18.9 Å². The standard InChI is InChI=1S/C26H24N2O7/c1-18(29)34-24-9-8-21(25(14-24)35-19(2)30)15-27-28-26(31)17-33-23-12-10-22(11-13-23)32-16-20-6-4-3-5-7-20/h3-15H,16-17H2,1-2H3,(H,28,31). The van der Waals surface area contributed by atoms with Crippen LogP contribution in [-0.2, 0) is 21.0 Å². The van der Waals surface area contributed by atoms with Crippen LogP contribution in [0.1, 0.15) is 25.0 Å². The van der Waals surface area contributed by atoms with E-state index in [2.05, 4.69) is 10.5 Å². The second-order valence-corrected chi connectivity index (χ2v) is 7.21. The summed E-state index contributed by atoms with van der Waals surface area (Å²) >= 11 is 0. The minimum Gasteiger partial charge on any atom is -0.489 e. The third kappa shape index (κ3) is 8.65. The molecule has 3 aromatic rings. The van der Waals surface area contributed by atoms with E-state index in [1.807, 2.05) is 30.3 Å². The fraction of sp³-hybridized carbons (Fsp3) is 0.154. The van der Waals surface area contributed by atoms with Crippen LogP contribution in [0.4, 0.5) is 0 Å². The van der Waals surface area contributed by atoms with Crippen LogP contribution in [0.3, 0.4) is 0 Å². The van der Waals surface area contributed by atoms with Crippen LogP contribution in [-0.4, -0.2) is 30.7 Å². The number of carbonyl (C=O) groups is 3. The second kappa shape index (κ2) is 12.5. The molecule has 0 unspecified atom stereocenters. The maximum Gasteiger partial charge on any atom is 0.308 e. The highest BCUT2D eigenvalue weighted by molar-refractivity contribution is 5.87. The van der Waals surface area contributed by atoms with Gasteiger partial charge in [0.05, 0.1) is 6.21 Å². The number of ether oxygens (including phenoxy) is 4. The van der Waals surface area contributed by atoms with Gasteiger partial charge in [-0.15, -0.1) is 0 Å². The van der Waals surface area contributed by atoms with Gasteiger partial charge in [0.1, 0.15) is 29.6 Å². The van der Waals surface area contributed by atoms with Crippen LogP contribution in [0.25, 0.3) is 0 Å². The molecule has 0 spiro atoms. The molecule has 0 heterocycles. The minimum atomic E-state index is -0.562. The molecule has 0 aliphatic heterocycles. The summed E-state index contributed by atoms with van der Waals surface area (Å²) in [4.78, 5) is 34.5. The number of esters is 2. The minimum absolute atomic E-state index is 0.125. The van der Waals surface area contributed by atoms with Crippen LogP contribution in [0.15, 0.2) is 77.9 Å². The molecule has 1 N–H and O–H groups in total. The fourth-order valence-corrected chi connectivity index (χ4v) is 2.82. The summed E-state index contributed by atoms with van der Waals surface area (Å²) in [6.07, 6.45) is 1.30. The third-order valence-electron chi connectivity index (χ3n) is 4.34. The molecule has 0 saturated heterocycles.